The Labute approximate surface area is 174 Å². The molecule has 0 saturated heterocycles. The summed E-state index contributed by atoms with van der Waals surface area (Å²) in [5.41, 5.74) is 2.10. The number of carbonyl (C=O) groups is 1. The number of hydrogen-bond donors (Lipinski definition) is 1. The van der Waals surface area contributed by atoms with Gasteiger partial charge in [0.2, 0.25) is 0 Å². The van der Waals surface area contributed by atoms with E-state index >= 15 is 0 Å². The van der Waals surface area contributed by atoms with Crippen molar-refractivity contribution >= 4 is 29.3 Å². The molecule has 3 nitrogen and oxygen atoms in total. The van der Waals surface area contributed by atoms with Crippen molar-refractivity contribution in [1.29, 1.82) is 0 Å². The molecule has 0 bridgehead atoms. The Hall–Kier alpha value is -2.43. The van der Waals surface area contributed by atoms with Crippen LogP contribution in [0.25, 0.3) is 0 Å². The van der Waals surface area contributed by atoms with Gasteiger partial charge in [0, 0.05) is 16.2 Å². The highest BCUT2D eigenvalue weighted by molar-refractivity contribution is 7.99. The summed E-state index contributed by atoms with van der Waals surface area (Å²) >= 11 is 8.13. The standard InChI is InChI=1S/C23H21ClO3S/c24-23-18(10-5-14-22(25)26)9-4-13-21(23)28-20-12-6-11-19(15-20)27-16-17-7-2-1-3-8-17/h1-4,6-9,11-13,15H,5,10,14,16H2,(H,25,26). The molecule has 144 valence electrons. The number of carboxylic acid groups (broad SMARTS) is 1. The van der Waals surface area contributed by atoms with E-state index < -0.39 is 5.97 Å². The van der Waals surface area contributed by atoms with Crippen molar-refractivity contribution in [3.63, 3.8) is 0 Å². The second-order valence-corrected chi connectivity index (χ2v) is 7.82. The molecule has 3 rings (SSSR count). The van der Waals surface area contributed by atoms with Crippen LogP contribution in [0.5, 0.6) is 5.75 Å². The minimum absolute atomic E-state index is 0.147. The first-order valence-electron chi connectivity index (χ1n) is 9.05. The highest BCUT2D eigenvalue weighted by Crippen LogP contribution is 2.36. The smallest absolute Gasteiger partial charge is 0.303 e. The molecule has 0 aliphatic heterocycles. The van der Waals surface area contributed by atoms with Gasteiger partial charge in [-0.3, -0.25) is 4.79 Å². The van der Waals surface area contributed by atoms with E-state index in [2.05, 4.69) is 0 Å². The van der Waals surface area contributed by atoms with E-state index in [1.165, 1.54) is 0 Å². The monoisotopic (exact) mass is 412 g/mol. The predicted octanol–water partition coefficient (Wildman–Crippen LogP) is 6.48. The van der Waals surface area contributed by atoms with E-state index in [4.69, 9.17) is 21.4 Å². The Bertz CT molecular complexity index is 928. The zero-order valence-electron chi connectivity index (χ0n) is 15.3. The molecule has 1 N–H and O–H groups in total. The van der Waals surface area contributed by atoms with E-state index in [1.54, 1.807) is 11.8 Å². The van der Waals surface area contributed by atoms with Crippen LogP contribution in [0.2, 0.25) is 5.02 Å². The quantitative estimate of drug-likeness (QED) is 0.437. The minimum Gasteiger partial charge on any atom is -0.489 e. The molecule has 0 aromatic heterocycles. The minimum atomic E-state index is -0.783. The van der Waals surface area contributed by atoms with Crippen LogP contribution in [0.3, 0.4) is 0 Å². The van der Waals surface area contributed by atoms with Gasteiger partial charge in [0.05, 0.1) is 5.02 Å². The second-order valence-electron chi connectivity index (χ2n) is 6.33. The van der Waals surface area contributed by atoms with Crippen molar-refractivity contribution in [2.75, 3.05) is 0 Å². The molecule has 3 aromatic carbocycles. The van der Waals surface area contributed by atoms with Crippen LogP contribution in [-0.4, -0.2) is 11.1 Å². The Morgan fingerprint density at radius 1 is 1.00 bits per heavy atom. The Morgan fingerprint density at radius 2 is 1.79 bits per heavy atom. The van der Waals surface area contributed by atoms with Crippen LogP contribution < -0.4 is 4.74 Å². The fraction of sp³-hybridized carbons (Fsp3) is 0.174. The highest BCUT2D eigenvalue weighted by atomic mass is 35.5. The molecular weight excluding hydrogens is 392 g/mol. The van der Waals surface area contributed by atoms with Crippen LogP contribution >= 0.6 is 23.4 Å². The molecule has 0 aliphatic rings. The molecule has 0 radical (unpaired) electrons. The third-order valence-electron chi connectivity index (χ3n) is 4.16. The van der Waals surface area contributed by atoms with Crippen LogP contribution in [0.4, 0.5) is 0 Å². The summed E-state index contributed by atoms with van der Waals surface area (Å²) in [6.07, 6.45) is 1.38. The van der Waals surface area contributed by atoms with Gasteiger partial charge in [0.25, 0.3) is 0 Å². The third-order valence-corrected chi connectivity index (χ3v) is 5.77. The number of rotatable bonds is 9. The van der Waals surface area contributed by atoms with Crippen molar-refractivity contribution in [3.05, 3.63) is 88.9 Å². The van der Waals surface area contributed by atoms with Crippen LogP contribution in [0, 0.1) is 0 Å². The maximum Gasteiger partial charge on any atom is 0.303 e. The SMILES string of the molecule is O=C(O)CCCc1cccc(Sc2cccc(OCc3ccccc3)c2)c1Cl. The van der Waals surface area contributed by atoms with Gasteiger partial charge in [-0.15, -0.1) is 0 Å². The third kappa shape index (κ3) is 6.04. The van der Waals surface area contributed by atoms with Crippen molar-refractivity contribution in [1.82, 2.24) is 0 Å². The zero-order valence-corrected chi connectivity index (χ0v) is 16.9. The first kappa shape index (κ1) is 20.3. The number of aryl methyl sites for hydroxylation is 1. The van der Waals surface area contributed by atoms with E-state index in [0.717, 1.165) is 26.7 Å². The summed E-state index contributed by atoms with van der Waals surface area (Å²) in [5.74, 6) is 0.0246. The molecule has 0 aliphatic carbocycles. The molecule has 0 heterocycles. The second kappa shape index (κ2) is 10.2. The van der Waals surface area contributed by atoms with E-state index in [0.29, 0.717) is 24.5 Å². The van der Waals surface area contributed by atoms with Crippen molar-refractivity contribution in [3.8, 4) is 5.75 Å². The van der Waals surface area contributed by atoms with Crippen LogP contribution in [0.15, 0.2) is 82.6 Å². The lowest BCUT2D eigenvalue weighted by molar-refractivity contribution is -0.137. The van der Waals surface area contributed by atoms with Crippen molar-refractivity contribution < 1.29 is 14.6 Å². The molecule has 0 fully saturated rings. The lowest BCUT2D eigenvalue weighted by Gasteiger charge is -2.11. The van der Waals surface area contributed by atoms with Gasteiger partial charge in [-0.1, -0.05) is 71.9 Å². The van der Waals surface area contributed by atoms with Gasteiger partial charge < -0.3 is 9.84 Å². The number of benzene rings is 3. The van der Waals surface area contributed by atoms with E-state index in [9.17, 15) is 4.79 Å². The largest absolute Gasteiger partial charge is 0.489 e. The van der Waals surface area contributed by atoms with Gasteiger partial charge in [-0.05, 0) is 48.2 Å². The highest BCUT2D eigenvalue weighted by Gasteiger charge is 2.09. The summed E-state index contributed by atoms with van der Waals surface area (Å²) in [7, 11) is 0. The number of carboxylic acids is 1. The lowest BCUT2D eigenvalue weighted by atomic mass is 10.1. The predicted molar refractivity (Wildman–Crippen MR) is 113 cm³/mol. The maximum atomic E-state index is 10.7. The van der Waals surface area contributed by atoms with Crippen molar-refractivity contribution in [2.24, 2.45) is 0 Å². The Morgan fingerprint density at radius 3 is 2.57 bits per heavy atom. The van der Waals surface area contributed by atoms with E-state index in [1.807, 2.05) is 72.8 Å². The summed E-state index contributed by atoms with van der Waals surface area (Å²) in [6, 6.07) is 23.9. The van der Waals surface area contributed by atoms with Crippen molar-refractivity contribution in [2.45, 2.75) is 35.7 Å². The van der Waals surface area contributed by atoms with Gasteiger partial charge >= 0.3 is 5.97 Å². The first-order chi connectivity index (χ1) is 13.6. The number of halogens is 1. The van der Waals surface area contributed by atoms with Gasteiger partial charge in [-0.2, -0.15) is 0 Å². The zero-order chi connectivity index (χ0) is 19.8. The summed E-state index contributed by atoms with van der Waals surface area (Å²) in [4.78, 5) is 12.7. The fourth-order valence-corrected chi connectivity index (χ4v) is 4.03. The molecule has 0 amide bonds. The molecule has 0 atom stereocenters. The summed E-state index contributed by atoms with van der Waals surface area (Å²) in [6.45, 7) is 0.523. The number of ether oxygens (including phenoxy) is 1. The van der Waals surface area contributed by atoms with Gasteiger partial charge in [0.1, 0.15) is 12.4 Å². The number of hydrogen-bond acceptors (Lipinski definition) is 3. The number of aliphatic carboxylic acids is 1. The van der Waals surface area contributed by atoms with Crippen LogP contribution in [-0.2, 0) is 17.8 Å². The van der Waals surface area contributed by atoms with E-state index in [-0.39, 0.29) is 6.42 Å². The topological polar surface area (TPSA) is 46.5 Å². The normalized spacial score (nSPS) is 10.6. The maximum absolute atomic E-state index is 10.7. The molecule has 3 aromatic rings. The average molecular weight is 413 g/mol. The molecule has 28 heavy (non-hydrogen) atoms. The molecule has 0 unspecified atom stereocenters. The van der Waals surface area contributed by atoms with Gasteiger partial charge in [-0.25, -0.2) is 0 Å². The fourth-order valence-electron chi connectivity index (χ4n) is 2.75. The average Bonchev–Trinajstić information content (AvgIpc) is 2.70. The first-order valence-corrected chi connectivity index (χ1v) is 10.2. The Balaban J connectivity index is 1.65. The Kier molecular flexibility index (Phi) is 7.40. The summed E-state index contributed by atoms with van der Waals surface area (Å²) < 4.78 is 5.90. The van der Waals surface area contributed by atoms with Gasteiger partial charge in [0.15, 0.2) is 0 Å². The molecule has 0 spiro atoms. The lowest BCUT2D eigenvalue weighted by Crippen LogP contribution is -1.96. The molecular formula is C23H21ClO3S. The summed E-state index contributed by atoms with van der Waals surface area (Å²) in [5, 5.41) is 9.49. The van der Waals surface area contributed by atoms with Crippen LogP contribution in [0.1, 0.15) is 24.0 Å². The molecule has 0 saturated carbocycles. The molecule has 5 heteroatoms.